The van der Waals surface area contributed by atoms with Crippen molar-refractivity contribution in [2.24, 2.45) is 0 Å². The number of alkyl carbamates (subject to hydrolysis) is 1. The molecule has 2 rings (SSSR count). The summed E-state index contributed by atoms with van der Waals surface area (Å²) in [5.74, 6) is -0.399. The van der Waals surface area contributed by atoms with E-state index < -0.39 is 11.7 Å². The average Bonchev–Trinajstić information content (AvgIpc) is 2.84. The van der Waals surface area contributed by atoms with E-state index in [2.05, 4.69) is 15.3 Å². The van der Waals surface area contributed by atoms with Crippen LogP contribution in [0.3, 0.4) is 0 Å². The van der Waals surface area contributed by atoms with Crippen molar-refractivity contribution < 1.29 is 19.1 Å². The molecule has 0 unspecified atom stereocenters. The smallest absolute Gasteiger partial charge is 0.408 e. The standard InChI is InChI=1S/C17H25N5O4/c1-17(2,3)26-16(25)20-12-14(23)21-7-4-8-22(10-9-21)15(24)13-11-18-5-6-19-13/h5-6,11H,4,7-10,12H2,1-3H3,(H,20,25). The van der Waals surface area contributed by atoms with Gasteiger partial charge in [-0.1, -0.05) is 0 Å². The fraction of sp³-hybridized carbons (Fsp3) is 0.588. The molecule has 1 aliphatic rings. The number of ether oxygens (including phenoxy) is 1. The van der Waals surface area contributed by atoms with Crippen LogP contribution < -0.4 is 5.32 Å². The molecule has 1 aromatic rings. The van der Waals surface area contributed by atoms with E-state index in [9.17, 15) is 14.4 Å². The maximum absolute atomic E-state index is 12.4. The molecule has 1 saturated heterocycles. The second-order valence-corrected chi connectivity index (χ2v) is 6.97. The molecule has 0 saturated carbocycles. The quantitative estimate of drug-likeness (QED) is 0.847. The molecule has 142 valence electrons. The molecule has 2 heterocycles. The van der Waals surface area contributed by atoms with E-state index in [1.807, 2.05) is 0 Å². The topological polar surface area (TPSA) is 105 Å². The lowest BCUT2D eigenvalue weighted by Gasteiger charge is -2.23. The Hall–Kier alpha value is -2.71. The van der Waals surface area contributed by atoms with E-state index in [-0.39, 0.29) is 18.4 Å². The molecule has 0 spiro atoms. The van der Waals surface area contributed by atoms with Gasteiger partial charge in [-0.25, -0.2) is 9.78 Å². The average molecular weight is 363 g/mol. The maximum Gasteiger partial charge on any atom is 0.408 e. The zero-order chi connectivity index (χ0) is 19.2. The van der Waals surface area contributed by atoms with E-state index in [1.165, 1.54) is 18.6 Å². The van der Waals surface area contributed by atoms with Gasteiger partial charge in [0, 0.05) is 38.6 Å². The number of rotatable bonds is 3. The highest BCUT2D eigenvalue weighted by Crippen LogP contribution is 2.08. The summed E-state index contributed by atoms with van der Waals surface area (Å²) in [5, 5.41) is 2.47. The Morgan fingerprint density at radius 3 is 2.46 bits per heavy atom. The van der Waals surface area contributed by atoms with Crippen molar-refractivity contribution in [2.45, 2.75) is 32.8 Å². The van der Waals surface area contributed by atoms with Gasteiger partial charge in [0.2, 0.25) is 5.91 Å². The number of nitrogens with one attached hydrogen (secondary N) is 1. The highest BCUT2D eigenvalue weighted by Gasteiger charge is 2.24. The van der Waals surface area contributed by atoms with E-state index >= 15 is 0 Å². The molecule has 0 atom stereocenters. The van der Waals surface area contributed by atoms with Crippen molar-refractivity contribution in [1.82, 2.24) is 25.1 Å². The van der Waals surface area contributed by atoms with Gasteiger partial charge in [0.1, 0.15) is 17.8 Å². The normalized spacial score (nSPS) is 15.2. The van der Waals surface area contributed by atoms with Gasteiger partial charge in [0.15, 0.2) is 0 Å². The number of nitrogens with zero attached hydrogens (tertiary/aromatic N) is 4. The summed E-state index contributed by atoms with van der Waals surface area (Å²) in [6, 6.07) is 0. The van der Waals surface area contributed by atoms with E-state index in [1.54, 1.807) is 30.6 Å². The lowest BCUT2D eigenvalue weighted by atomic mass is 10.2. The van der Waals surface area contributed by atoms with Crippen LogP contribution in [0.4, 0.5) is 4.79 Å². The van der Waals surface area contributed by atoms with Crippen LogP contribution in [-0.2, 0) is 9.53 Å². The molecular formula is C17H25N5O4. The van der Waals surface area contributed by atoms with Crippen LogP contribution in [0.25, 0.3) is 0 Å². The Balaban J connectivity index is 1.83. The highest BCUT2D eigenvalue weighted by atomic mass is 16.6. The Morgan fingerprint density at radius 1 is 1.12 bits per heavy atom. The number of amides is 3. The largest absolute Gasteiger partial charge is 0.444 e. The fourth-order valence-corrected chi connectivity index (χ4v) is 2.52. The first-order valence-electron chi connectivity index (χ1n) is 8.56. The lowest BCUT2D eigenvalue weighted by Crippen LogP contribution is -2.43. The summed E-state index contributed by atoms with van der Waals surface area (Å²) in [7, 11) is 0. The molecule has 1 N–H and O–H groups in total. The minimum absolute atomic E-state index is 0.132. The van der Waals surface area contributed by atoms with Gasteiger partial charge in [0.05, 0.1) is 6.20 Å². The molecule has 0 aromatic carbocycles. The van der Waals surface area contributed by atoms with Crippen molar-refractivity contribution in [1.29, 1.82) is 0 Å². The monoisotopic (exact) mass is 363 g/mol. The first-order valence-corrected chi connectivity index (χ1v) is 8.56. The predicted molar refractivity (Wildman–Crippen MR) is 93.4 cm³/mol. The third-order valence-electron chi connectivity index (χ3n) is 3.70. The zero-order valence-electron chi connectivity index (χ0n) is 15.4. The molecule has 0 aliphatic carbocycles. The summed E-state index contributed by atoms with van der Waals surface area (Å²) in [6.45, 7) is 7.02. The van der Waals surface area contributed by atoms with Gasteiger partial charge >= 0.3 is 6.09 Å². The molecule has 1 fully saturated rings. The third kappa shape index (κ3) is 5.98. The number of carbonyl (C=O) groups is 3. The van der Waals surface area contributed by atoms with Crippen LogP contribution in [0.1, 0.15) is 37.7 Å². The number of hydrogen-bond acceptors (Lipinski definition) is 6. The summed E-state index contributed by atoms with van der Waals surface area (Å²) in [5.41, 5.74) is -0.324. The summed E-state index contributed by atoms with van der Waals surface area (Å²) in [4.78, 5) is 47.6. The minimum atomic E-state index is -0.625. The van der Waals surface area contributed by atoms with Crippen molar-refractivity contribution in [3.63, 3.8) is 0 Å². The number of aromatic nitrogens is 2. The molecule has 3 amide bonds. The van der Waals surface area contributed by atoms with Crippen LogP contribution in [-0.4, -0.2) is 76.0 Å². The molecule has 26 heavy (non-hydrogen) atoms. The van der Waals surface area contributed by atoms with Crippen molar-refractivity contribution in [3.05, 3.63) is 24.3 Å². The van der Waals surface area contributed by atoms with Crippen LogP contribution >= 0.6 is 0 Å². The van der Waals surface area contributed by atoms with Crippen LogP contribution in [0, 0.1) is 0 Å². The Morgan fingerprint density at radius 2 is 1.81 bits per heavy atom. The molecule has 9 nitrogen and oxygen atoms in total. The third-order valence-corrected chi connectivity index (χ3v) is 3.70. The van der Waals surface area contributed by atoms with Gasteiger partial charge in [-0.05, 0) is 27.2 Å². The summed E-state index contributed by atoms with van der Waals surface area (Å²) >= 11 is 0. The fourth-order valence-electron chi connectivity index (χ4n) is 2.52. The molecule has 9 heteroatoms. The first kappa shape index (κ1) is 19.6. The van der Waals surface area contributed by atoms with Crippen molar-refractivity contribution in [3.8, 4) is 0 Å². The molecule has 1 aromatic heterocycles. The SMILES string of the molecule is CC(C)(C)OC(=O)NCC(=O)N1CCCN(C(=O)c2cnccn2)CC1. The molecule has 0 bridgehead atoms. The first-order chi connectivity index (χ1) is 12.3. The van der Waals surface area contributed by atoms with Gasteiger partial charge in [0.25, 0.3) is 5.91 Å². The highest BCUT2D eigenvalue weighted by molar-refractivity contribution is 5.92. The second kappa shape index (κ2) is 8.59. The minimum Gasteiger partial charge on any atom is -0.444 e. The van der Waals surface area contributed by atoms with Gasteiger partial charge in [-0.2, -0.15) is 0 Å². The van der Waals surface area contributed by atoms with Gasteiger partial charge in [-0.15, -0.1) is 0 Å². The molecule has 0 radical (unpaired) electrons. The summed E-state index contributed by atoms with van der Waals surface area (Å²) < 4.78 is 5.11. The van der Waals surface area contributed by atoms with Crippen LogP contribution in [0.5, 0.6) is 0 Å². The molecular weight excluding hydrogens is 338 g/mol. The number of carbonyl (C=O) groups excluding carboxylic acids is 3. The van der Waals surface area contributed by atoms with E-state index in [0.29, 0.717) is 38.3 Å². The Kier molecular flexibility index (Phi) is 6.48. The number of hydrogen-bond donors (Lipinski definition) is 1. The Bertz CT molecular complexity index is 644. The molecule has 1 aliphatic heterocycles. The maximum atomic E-state index is 12.4. The Labute approximate surface area is 152 Å². The lowest BCUT2D eigenvalue weighted by molar-refractivity contribution is -0.130. The van der Waals surface area contributed by atoms with Crippen molar-refractivity contribution >= 4 is 17.9 Å². The van der Waals surface area contributed by atoms with Crippen molar-refractivity contribution in [2.75, 3.05) is 32.7 Å². The van der Waals surface area contributed by atoms with Gasteiger partial charge < -0.3 is 19.9 Å². The second-order valence-electron chi connectivity index (χ2n) is 6.97. The van der Waals surface area contributed by atoms with Gasteiger partial charge in [-0.3, -0.25) is 14.6 Å². The zero-order valence-corrected chi connectivity index (χ0v) is 15.4. The van der Waals surface area contributed by atoms with E-state index in [4.69, 9.17) is 4.74 Å². The summed E-state index contributed by atoms with van der Waals surface area (Å²) in [6.07, 6.45) is 4.45. The van der Waals surface area contributed by atoms with Crippen LogP contribution in [0.15, 0.2) is 18.6 Å². The van der Waals surface area contributed by atoms with E-state index in [0.717, 1.165) is 0 Å². The van der Waals surface area contributed by atoms with Crippen LogP contribution in [0.2, 0.25) is 0 Å². The predicted octanol–water partition coefficient (Wildman–Crippen LogP) is 0.676.